The number of Topliss-reactive ketones (excluding diaryl/α,β-unsaturated/α-hetero) is 1. The molecule has 0 radical (unpaired) electrons. The zero-order chi connectivity index (χ0) is 28.1. The first-order valence-electron chi connectivity index (χ1n) is 13.2. The number of ether oxygens (including phenoxy) is 2. The normalized spacial score (nSPS) is 16.4. The number of aryl methyl sites for hydroxylation is 2. The van der Waals surface area contributed by atoms with Crippen molar-refractivity contribution in [1.82, 2.24) is 9.88 Å². The minimum absolute atomic E-state index is 0.0436. The molecule has 1 atom stereocenters. The summed E-state index contributed by atoms with van der Waals surface area (Å²) in [4.78, 5) is 31.0. The minimum Gasteiger partial charge on any atom is -0.872 e. The molecular weight excluding hydrogens is 506 g/mol. The number of nitrogens with one attached hydrogen (secondary N) is 1. The first-order chi connectivity index (χ1) is 19.4. The van der Waals surface area contributed by atoms with Gasteiger partial charge in [-0.3, -0.25) is 14.6 Å². The number of rotatable bonds is 10. The molecule has 5 rings (SSSR count). The van der Waals surface area contributed by atoms with Gasteiger partial charge in [0.05, 0.1) is 19.7 Å². The van der Waals surface area contributed by atoms with Crippen LogP contribution in [0.15, 0.2) is 97.1 Å². The second kappa shape index (κ2) is 11.9. The first kappa shape index (κ1) is 26.7. The predicted molar refractivity (Wildman–Crippen MR) is 147 cm³/mol. The summed E-state index contributed by atoms with van der Waals surface area (Å²) in [5.74, 6) is -0.649. The van der Waals surface area contributed by atoms with Crippen LogP contribution in [0.2, 0.25) is 0 Å². The predicted octanol–water partition coefficient (Wildman–Crippen LogP) is 3.51. The highest BCUT2D eigenvalue weighted by Crippen LogP contribution is 2.39. The van der Waals surface area contributed by atoms with Gasteiger partial charge in [0.1, 0.15) is 30.5 Å². The Morgan fingerprint density at radius 3 is 2.45 bits per heavy atom. The maximum Gasteiger partial charge on any atom is 0.295 e. The van der Waals surface area contributed by atoms with E-state index in [1.807, 2.05) is 48.4 Å². The number of hydrogen-bond donors (Lipinski definition) is 1. The summed E-state index contributed by atoms with van der Waals surface area (Å²) in [5.41, 5.74) is 3.15. The van der Waals surface area contributed by atoms with Gasteiger partial charge in [0.15, 0.2) is 0 Å². The Kier molecular flexibility index (Phi) is 7.96. The highest BCUT2D eigenvalue weighted by molar-refractivity contribution is 6.46. The van der Waals surface area contributed by atoms with Gasteiger partial charge in [0, 0.05) is 18.5 Å². The molecule has 1 saturated heterocycles. The summed E-state index contributed by atoms with van der Waals surface area (Å²) >= 11 is 0. The number of aromatic amines is 1. The van der Waals surface area contributed by atoms with E-state index < -0.39 is 23.5 Å². The summed E-state index contributed by atoms with van der Waals surface area (Å²) < 4.78 is 13.1. The molecule has 1 N–H and O–H groups in total. The maximum absolute atomic E-state index is 13.7. The number of ketones is 1. The van der Waals surface area contributed by atoms with E-state index in [-0.39, 0.29) is 5.57 Å². The second-order valence-electron chi connectivity index (χ2n) is 9.75. The molecule has 0 aliphatic carbocycles. The number of imidazole rings is 1. The van der Waals surface area contributed by atoms with Crippen molar-refractivity contribution in [3.8, 4) is 11.5 Å². The van der Waals surface area contributed by atoms with Crippen molar-refractivity contribution in [3.63, 3.8) is 0 Å². The molecule has 8 heteroatoms. The molecule has 4 aromatic rings. The molecular formula is C32H31N3O5. The Morgan fingerprint density at radius 2 is 1.77 bits per heavy atom. The van der Waals surface area contributed by atoms with Crippen LogP contribution in [0.4, 0.5) is 0 Å². The third kappa shape index (κ3) is 5.76. The van der Waals surface area contributed by atoms with Gasteiger partial charge in [-0.15, -0.1) is 0 Å². The van der Waals surface area contributed by atoms with E-state index >= 15 is 0 Å². The van der Waals surface area contributed by atoms with Crippen molar-refractivity contribution in [2.45, 2.75) is 32.5 Å². The van der Waals surface area contributed by atoms with Crippen molar-refractivity contribution < 1.29 is 28.7 Å². The van der Waals surface area contributed by atoms with Gasteiger partial charge >= 0.3 is 0 Å². The SMILES string of the molecule is COc1ccc(C2/C(=C(\[O-])c3ccc(OCc4cccc(C)c4)cc3)C(=O)C(=O)N2CCC[n+]2cc[nH]c2)cc1. The van der Waals surface area contributed by atoms with Gasteiger partial charge in [-0.05, 0) is 47.9 Å². The number of amides is 1. The highest BCUT2D eigenvalue weighted by atomic mass is 16.5. The number of methoxy groups -OCH3 is 1. The van der Waals surface area contributed by atoms with Crippen LogP contribution >= 0.6 is 0 Å². The number of carbonyl (C=O) groups is 2. The quantitative estimate of drug-likeness (QED) is 0.145. The molecule has 0 bridgehead atoms. The van der Waals surface area contributed by atoms with E-state index in [9.17, 15) is 14.7 Å². The van der Waals surface area contributed by atoms with Crippen molar-refractivity contribution in [1.29, 1.82) is 0 Å². The van der Waals surface area contributed by atoms with Crippen LogP contribution in [0.5, 0.6) is 11.5 Å². The Labute approximate surface area is 233 Å². The molecule has 1 aliphatic heterocycles. The van der Waals surface area contributed by atoms with E-state index in [0.717, 1.165) is 11.1 Å². The summed E-state index contributed by atoms with van der Waals surface area (Å²) in [6.07, 6.45) is 6.15. The number of hydrogen-bond acceptors (Lipinski definition) is 5. The average molecular weight is 538 g/mol. The van der Waals surface area contributed by atoms with E-state index in [4.69, 9.17) is 9.47 Å². The molecule has 0 saturated carbocycles. The van der Waals surface area contributed by atoms with Gasteiger partial charge in [-0.25, -0.2) is 4.57 Å². The molecule has 204 valence electrons. The number of nitrogens with zero attached hydrogens (tertiary/aromatic N) is 2. The van der Waals surface area contributed by atoms with Gasteiger partial charge in [0.2, 0.25) is 12.1 Å². The minimum atomic E-state index is -0.785. The fourth-order valence-corrected chi connectivity index (χ4v) is 4.94. The van der Waals surface area contributed by atoms with Crippen molar-refractivity contribution in [2.75, 3.05) is 13.7 Å². The molecule has 1 unspecified atom stereocenters. The van der Waals surface area contributed by atoms with Crippen molar-refractivity contribution in [2.24, 2.45) is 0 Å². The van der Waals surface area contributed by atoms with Crippen LogP contribution < -0.4 is 19.1 Å². The Balaban J connectivity index is 1.41. The molecule has 1 amide bonds. The number of likely N-dealkylation sites (tertiary alicyclic amines) is 1. The molecule has 1 aliphatic rings. The lowest BCUT2D eigenvalue weighted by atomic mass is 9.95. The van der Waals surface area contributed by atoms with Gasteiger partial charge < -0.3 is 19.5 Å². The summed E-state index contributed by atoms with van der Waals surface area (Å²) in [7, 11) is 1.57. The van der Waals surface area contributed by atoms with E-state index in [1.54, 1.807) is 55.6 Å². The van der Waals surface area contributed by atoms with E-state index in [1.165, 1.54) is 4.90 Å². The third-order valence-electron chi connectivity index (χ3n) is 6.98. The Hall–Kier alpha value is -4.85. The number of aromatic nitrogens is 2. The summed E-state index contributed by atoms with van der Waals surface area (Å²) in [6.45, 7) is 3.40. The van der Waals surface area contributed by atoms with Crippen molar-refractivity contribution >= 4 is 17.4 Å². The molecule has 2 heterocycles. The van der Waals surface area contributed by atoms with Gasteiger partial charge in [-0.2, -0.15) is 0 Å². The van der Waals surface area contributed by atoms with Crippen LogP contribution in [-0.2, 0) is 22.7 Å². The zero-order valence-corrected chi connectivity index (χ0v) is 22.5. The highest BCUT2D eigenvalue weighted by Gasteiger charge is 2.43. The number of carbonyl (C=O) groups excluding carboxylic acids is 2. The largest absolute Gasteiger partial charge is 0.872 e. The fourth-order valence-electron chi connectivity index (χ4n) is 4.94. The van der Waals surface area contributed by atoms with E-state index in [2.05, 4.69) is 11.1 Å². The lowest BCUT2D eigenvalue weighted by Crippen LogP contribution is -2.36. The van der Waals surface area contributed by atoms with Crippen molar-refractivity contribution in [3.05, 3.63) is 119 Å². The molecule has 0 spiro atoms. The molecule has 3 aromatic carbocycles. The fraction of sp³-hybridized carbons (Fsp3) is 0.219. The van der Waals surface area contributed by atoms with Crippen LogP contribution in [0.3, 0.4) is 0 Å². The lowest BCUT2D eigenvalue weighted by molar-refractivity contribution is -0.695. The monoisotopic (exact) mass is 537 g/mol. The zero-order valence-electron chi connectivity index (χ0n) is 22.5. The van der Waals surface area contributed by atoms with Gasteiger partial charge in [0.25, 0.3) is 5.91 Å². The smallest absolute Gasteiger partial charge is 0.295 e. The van der Waals surface area contributed by atoms with Crippen LogP contribution in [-0.4, -0.2) is 35.2 Å². The lowest BCUT2D eigenvalue weighted by Gasteiger charge is -2.27. The molecule has 1 fully saturated rings. The average Bonchev–Trinajstić information content (AvgIpc) is 3.58. The molecule has 8 nitrogen and oxygen atoms in total. The number of benzene rings is 3. The summed E-state index contributed by atoms with van der Waals surface area (Å²) in [5, 5.41) is 13.7. The number of H-pyrrole nitrogens is 1. The molecule has 1 aromatic heterocycles. The Bertz CT molecular complexity index is 1510. The Morgan fingerprint density at radius 1 is 1.02 bits per heavy atom. The van der Waals surface area contributed by atoms with Crippen LogP contribution in [0, 0.1) is 6.92 Å². The second-order valence-corrected chi connectivity index (χ2v) is 9.75. The molecule has 40 heavy (non-hydrogen) atoms. The third-order valence-corrected chi connectivity index (χ3v) is 6.98. The van der Waals surface area contributed by atoms with Gasteiger partial charge in [-0.1, -0.05) is 59.9 Å². The summed E-state index contributed by atoms with van der Waals surface area (Å²) in [6, 6.07) is 21.1. The standard InChI is InChI=1S/C32H31N3O5/c1-22-5-3-6-23(19-22)20-40-27-13-9-25(10-14-27)30(36)28-29(24-7-11-26(39-2)12-8-24)35(32(38)31(28)37)17-4-16-34-18-15-33-21-34/h3,5-15,18-19,21,29H,4,16-17,20H2,1-2H3,(H,36,37). The van der Waals surface area contributed by atoms with Crippen LogP contribution in [0.1, 0.15) is 34.7 Å². The van der Waals surface area contributed by atoms with Crippen LogP contribution in [0.25, 0.3) is 5.76 Å². The topological polar surface area (TPSA) is 98.6 Å². The van der Waals surface area contributed by atoms with E-state index in [0.29, 0.717) is 48.7 Å². The maximum atomic E-state index is 13.7. The first-order valence-corrected chi connectivity index (χ1v) is 13.2.